The number of β-amino-alcohol motifs (C(OH)–C–C–N with tert-alkyl or cyclic N) is 1. The number of unbranched alkanes of at least 4 members (excludes halogenated alkanes) is 5. The average molecular weight is 1130 g/mol. The number of nitrogens with zero attached hydrogens (tertiary/aromatic N) is 10. The van der Waals surface area contributed by atoms with Crippen molar-refractivity contribution in [3.63, 3.8) is 0 Å². The van der Waals surface area contributed by atoms with Gasteiger partial charge in [0.2, 0.25) is 23.6 Å². The predicted molar refractivity (Wildman–Crippen MR) is 314 cm³/mol. The molecule has 4 aromatic rings. The molecule has 0 radical (unpaired) electrons. The van der Waals surface area contributed by atoms with Gasteiger partial charge in [-0.05, 0) is 151 Å². The zero-order valence-electron chi connectivity index (χ0n) is 48.7. The molecule has 3 aromatic heterocycles. The minimum atomic E-state index is -0.817. The number of amides is 4. The number of hydrogen-bond acceptors (Lipinski definition) is 14. The molecule has 0 bridgehead atoms. The summed E-state index contributed by atoms with van der Waals surface area (Å²) in [5, 5.41) is 52.3. The number of carboxylic acid groups (broad SMARTS) is 1. The van der Waals surface area contributed by atoms with Gasteiger partial charge in [-0.25, -0.2) is 9.67 Å². The summed E-state index contributed by atoms with van der Waals surface area (Å²) < 4.78 is 3.79. The van der Waals surface area contributed by atoms with E-state index in [1.807, 2.05) is 40.4 Å². The number of carbonyl (C=O) groups excluding carboxylic acids is 4. The van der Waals surface area contributed by atoms with Crippen LogP contribution in [0.5, 0.6) is 0 Å². The number of carbonyl (C=O) groups is 5. The molecular weight excluding hydrogens is 1040 g/mol. The summed E-state index contributed by atoms with van der Waals surface area (Å²) in [6, 6.07) is 12.6. The van der Waals surface area contributed by atoms with Crippen molar-refractivity contribution in [2.24, 2.45) is 5.92 Å². The topological polar surface area (TPSA) is 257 Å². The van der Waals surface area contributed by atoms with Crippen LogP contribution in [0, 0.1) is 19.8 Å². The number of nitrogens with one attached hydrogen (secondary N) is 3. The summed E-state index contributed by atoms with van der Waals surface area (Å²) in [5.74, 6) is 0.508. The van der Waals surface area contributed by atoms with E-state index in [2.05, 4.69) is 66.4 Å². The fourth-order valence-corrected chi connectivity index (χ4v) is 12.3. The van der Waals surface area contributed by atoms with Crippen LogP contribution in [-0.4, -0.2) is 180 Å². The summed E-state index contributed by atoms with van der Waals surface area (Å²) in [5.41, 5.74) is 8.08. The molecule has 4 atom stereocenters. The van der Waals surface area contributed by atoms with Crippen molar-refractivity contribution in [1.29, 1.82) is 0 Å². The van der Waals surface area contributed by atoms with Crippen LogP contribution in [0.4, 0.5) is 11.5 Å². The Hall–Kier alpha value is -6.45. The van der Waals surface area contributed by atoms with Gasteiger partial charge in [0.05, 0.1) is 42.2 Å². The second-order valence-electron chi connectivity index (χ2n) is 23.5. The first-order valence-corrected chi connectivity index (χ1v) is 30.7. The first kappa shape index (κ1) is 61.6. The van der Waals surface area contributed by atoms with Gasteiger partial charge in [0, 0.05) is 127 Å². The molecule has 1 aromatic carbocycles. The van der Waals surface area contributed by atoms with Crippen molar-refractivity contribution in [1.82, 2.24) is 55.1 Å². The number of aryl methyl sites for hydroxylation is 6. The zero-order chi connectivity index (χ0) is 57.8. The molecule has 21 nitrogen and oxygen atoms in total. The van der Waals surface area contributed by atoms with E-state index < -0.39 is 12.1 Å². The highest BCUT2D eigenvalue weighted by molar-refractivity contribution is 5.79. The number of aliphatic hydroxyl groups excluding tert-OH is 2. The number of hydrogen-bond donors (Lipinski definition) is 6. The van der Waals surface area contributed by atoms with E-state index in [0.29, 0.717) is 110 Å². The third-order valence-electron chi connectivity index (χ3n) is 16.8. The second kappa shape index (κ2) is 31.3. The van der Waals surface area contributed by atoms with Crippen LogP contribution in [-0.2, 0) is 49.8 Å². The first-order chi connectivity index (χ1) is 39.8. The van der Waals surface area contributed by atoms with E-state index >= 15 is 0 Å². The monoisotopic (exact) mass is 1130 g/mol. The number of rotatable bonds is 32. The van der Waals surface area contributed by atoms with Crippen LogP contribution in [0.1, 0.15) is 155 Å². The molecule has 4 amide bonds. The second-order valence-corrected chi connectivity index (χ2v) is 23.5. The number of aromatic nitrogens is 6. The summed E-state index contributed by atoms with van der Waals surface area (Å²) in [4.78, 5) is 76.5. The van der Waals surface area contributed by atoms with Gasteiger partial charge in [0.1, 0.15) is 5.82 Å². The summed E-state index contributed by atoms with van der Waals surface area (Å²) in [6.45, 7) is 12.0. The van der Waals surface area contributed by atoms with Crippen molar-refractivity contribution < 1.29 is 39.3 Å². The van der Waals surface area contributed by atoms with Crippen LogP contribution in [0.2, 0.25) is 0 Å². The maximum Gasteiger partial charge on any atom is 0.304 e. The number of carboxylic acids is 1. The van der Waals surface area contributed by atoms with Gasteiger partial charge in [-0.3, -0.25) is 28.7 Å². The maximum absolute atomic E-state index is 13.4. The number of fused-ring (bicyclic) bond motifs is 1. The molecule has 0 aliphatic carbocycles. The Balaban J connectivity index is 0.681. The lowest BCUT2D eigenvalue weighted by Gasteiger charge is -2.37. The lowest BCUT2D eigenvalue weighted by atomic mass is 9.93. The van der Waals surface area contributed by atoms with Crippen molar-refractivity contribution in [3.05, 3.63) is 76.5 Å². The van der Waals surface area contributed by atoms with E-state index in [1.165, 1.54) is 5.56 Å². The van der Waals surface area contributed by atoms with E-state index in [1.54, 1.807) is 4.90 Å². The Kier molecular flexibility index (Phi) is 23.5. The minimum Gasteiger partial charge on any atom is -0.481 e. The lowest BCUT2D eigenvalue weighted by Crippen LogP contribution is -2.48. The number of pyridine rings is 1. The van der Waals surface area contributed by atoms with Crippen molar-refractivity contribution in [2.45, 2.75) is 173 Å². The molecule has 448 valence electrons. The minimum absolute atomic E-state index is 0.00333. The molecule has 4 aliphatic heterocycles. The molecule has 0 spiro atoms. The first-order valence-electron chi connectivity index (χ1n) is 30.7. The number of piperazine rings is 1. The molecule has 3 saturated heterocycles. The SMILES string of the molecule is Cc1cc(C)n(-c2cc([C@H](CC(=O)O)CN3CC[C@@H](CCc4ccc5c(n4)NCCC5)C3)cc(N3CCN(C(=O)CCCC(=O)NCCCCCCn4cc(CCCC(=O)NCCCCCC(=O)N5C[C@H](O)CC5CO)nn4)CC3)c2)n1. The van der Waals surface area contributed by atoms with Crippen LogP contribution >= 0.6 is 0 Å². The largest absolute Gasteiger partial charge is 0.481 e. The number of anilines is 2. The molecule has 1 unspecified atom stereocenters. The third-order valence-corrected chi connectivity index (χ3v) is 16.8. The number of benzene rings is 1. The highest BCUT2D eigenvalue weighted by atomic mass is 16.4. The van der Waals surface area contributed by atoms with Gasteiger partial charge in [-0.15, -0.1) is 5.10 Å². The lowest BCUT2D eigenvalue weighted by molar-refractivity contribution is -0.137. The Labute approximate surface area is 484 Å². The molecule has 3 fully saturated rings. The van der Waals surface area contributed by atoms with E-state index in [0.717, 1.165) is 142 Å². The summed E-state index contributed by atoms with van der Waals surface area (Å²) >= 11 is 0. The average Bonchev–Trinajstić information content (AvgIpc) is 4.31. The number of aliphatic hydroxyl groups is 2. The van der Waals surface area contributed by atoms with Gasteiger partial charge < -0.3 is 50.9 Å². The van der Waals surface area contributed by atoms with Crippen LogP contribution in [0.3, 0.4) is 0 Å². The smallest absolute Gasteiger partial charge is 0.304 e. The normalized spacial score (nSPS) is 18.6. The van der Waals surface area contributed by atoms with Gasteiger partial charge in [-0.1, -0.05) is 30.5 Å². The Morgan fingerprint density at radius 3 is 2.28 bits per heavy atom. The van der Waals surface area contributed by atoms with Crippen molar-refractivity contribution in [3.8, 4) is 5.69 Å². The standard InChI is InChI=1S/C61H91N13O8/c1-44-33-45(2)74(67-44)53-35-48(49(36-60(81)82)40-69-28-23-46(39-69)19-21-50-22-20-47-13-12-26-64-61(47)65-50)34-52(37-53)70-29-31-71(32-30-70)58(79)18-11-16-57(78)62-24-7-3-4-9-27-72-41-51(66-68-72)14-10-15-56(77)63-25-8-5-6-17-59(80)73-42-55(76)38-54(73)43-75/h20,22,33-35,37,41,46,49,54-55,75-76H,3-19,21,23-32,36,38-40,42-43H2,1-2H3,(H,62,78)(H,63,77)(H,64,65)(H,81,82)/t46-,49-,54?,55-/m1/s1. The molecule has 0 saturated carbocycles. The Morgan fingerprint density at radius 2 is 1.52 bits per heavy atom. The van der Waals surface area contributed by atoms with Gasteiger partial charge in [0.15, 0.2) is 0 Å². The fourth-order valence-electron chi connectivity index (χ4n) is 12.3. The zero-order valence-corrected chi connectivity index (χ0v) is 48.7. The Bertz CT molecular complexity index is 2720. The van der Waals surface area contributed by atoms with E-state index in [9.17, 15) is 39.3 Å². The van der Waals surface area contributed by atoms with E-state index in [-0.39, 0.29) is 55.2 Å². The number of aliphatic carboxylic acids is 1. The highest BCUT2D eigenvalue weighted by Gasteiger charge is 2.34. The fraction of sp³-hybridized carbons (Fsp3) is 0.656. The van der Waals surface area contributed by atoms with Crippen molar-refractivity contribution >= 4 is 41.1 Å². The van der Waals surface area contributed by atoms with E-state index in [4.69, 9.17) is 10.1 Å². The van der Waals surface area contributed by atoms with Crippen LogP contribution < -0.4 is 20.9 Å². The van der Waals surface area contributed by atoms with Crippen LogP contribution in [0.25, 0.3) is 5.69 Å². The Morgan fingerprint density at radius 1 is 0.780 bits per heavy atom. The summed E-state index contributed by atoms with van der Waals surface area (Å²) in [7, 11) is 0. The third kappa shape index (κ3) is 18.8. The molecule has 82 heavy (non-hydrogen) atoms. The quantitative estimate of drug-likeness (QED) is 0.0331. The number of likely N-dealkylation sites (tertiary alicyclic amines) is 2. The molecule has 7 heterocycles. The molecule has 6 N–H and O–H groups in total. The summed E-state index contributed by atoms with van der Waals surface area (Å²) in [6.07, 6.45) is 16.4. The molecule has 8 rings (SSSR count). The highest BCUT2D eigenvalue weighted by Crippen LogP contribution is 2.33. The van der Waals surface area contributed by atoms with Gasteiger partial charge in [0.25, 0.3) is 0 Å². The molecular formula is C61H91N13O8. The van der Waals surface area contributed by atoms with Crippen LogP contribution in [0.15, 0.2) is 42.6 Å². The predicted octanol–water partition coefficient (Wildman–Crippen LogP) is 5.50. The molecule has 4 aliphatic rings. The van der Waals surface area contributed by atoms with Gasteiger partial charge in [-0.2, -0.15) is 5.10 Å². The maximum atomic E-state index is 13.4. The van der Waals surface area contributed by atoms with Gasteiger partial charge >= 0.3 is 5.97 Å². The van der Waals surface area contributed by atoms with Crippen molar-refractivity contribution in [2.75, 3.05) is 88.8 Å². The molecule has 21 heteroatoms.